The highest BCUT2D eigenvalue weighted by atomic mass is 16.3. The van der Waals surface area contributed by atoms with Gasteiger partial charge in [-0.15, -0.1) is 0 Å². The van der Waals surface area contributed by atoms with Crippen LogP contribution in [0.5, 0.6) is 5.75 Å². The number of nitrogens with one attached hydrogen (secondary N) is 1. The third-order valence-electron chi connectivity index (χ3n) is 6.71. The third kappa shape index (κ3) is 4.12. The standard InChI is InChI=1S/C27H31NO3/c1-17-14-20-21(27(4,5)13-12-26(20,2)3)16-18(17)15-19-10-11-24(31-19)25(30)28-22-8-6-7-9-23(22)29/h6-11,14,16,29H,12-13,15H2,1-5H3,(H,28,30). The average Bonchev–Trinajstić information content (AvgIpc) is 3.17. The van der Waals surface area contributed by atoms with Gasteiger partial charge in [-0.25, -0.2) is 0 Å². The second kappa shape index (κ2) is 7.60. The Bertz CT molecular complexity index is 1140. The molecule has 162 valence electrons. The lowest BCUT2D eigenvalue weighted by Gasteiger charge is -2.42. The van der Waals surface area contributed by atoms with Crippen molar-refractivity contribution in [3.05, 3.63) is 82.3 Å². The smallest absolute Gasteiger partial charge is 0.291 e. The molecule has 0 spiro atoms. The van der Waals surface area contributed by atoms with Crippen LogP contribution < -0.4 is 5.32 Å². The Morgan fingerprint density at radius 1 is 1.00 bits per heavy atom. The Hall–Kier alpha value is -3.01. The summed E-state index contributed by atoms with van der Waals surface area (Å²) in [5.41, 5.74) is 6.06. The number of amides is 1. The van der Waals surface area contributed by atoms with Gasteiger partial charge in [0.15, 0.2) is 5.76 Å². The van der Waals surface area contributed by atoms with Crippen LogP contribution in [-0.2, 0) is 17.3 Å². The van der Waals surface area contributed by atoms with Crippen LogP contribution in [0.1, 0.15) is 79.1 Å². The summed E-state index contributed by atoms with van der Waals surface area (Å²) in [5.74, 6) is 0.629. The van der Waals surface area contributed by atoms with Crippen LogP contribution in [-0.4, -0.2) is 11.0 Å². The molecule has 0 aliphatic heterocycles. The number of aromatic hydroxyl groups is 1. The van der Waals surface area contributed by atoms with E-state index in [1.54, 1.807) is 24.3 Å². The summed E-state index contributed by atoms with van der Waals surface area (Å²) in [5, 5.41) is 12.6. The van der Waals surface area contributed by atoms with E-state index < -0.39 is 0 Å². The first kappa shape index (κ1) is 21.2. The summed E-state index contributed by atoms with van der Waals surface area (Å²) < 4.78 is 5.86. The molecule has 0 radical (unpaired) electrons. The molecule has 0 unspecified atom stereocenters. The van der Waals surface area contributed by atoms with Crippen molar-refractivity contribution in [2.24, 2.45) is 0 Å². The molecule has 1 aliphatic carbocycles. The lowest BCUT2D eigenvalue weighted by atomic mass is 9.62. The maximum Gasteiger partial charge on any atom is 0.291 e. The second-order valence-corrected chi connectivity index (χ2v) is 10.0. The molecule has 0 saturated heterocycles. The second-order valence-electron chi connectivity index (χ2n) is 10.0. The van der Waals surface area contributed by atoms with Crippen molar-refractivity contribution in [2.75, 3.05) is 5.32 Å². The van der Waals surface area contributed by atoms with E-state index in [0.29, 0.717) is 12.1 Å². The molecular formula is C27H31NO3. The molecule has 4 heteroatoms. The topological polar surface area (TPSA) is 62.5 Å². The van der Waals surface area contributed by atoms with Crippen LogP contribution in [0.2, 0.25) is 0 Å². The highest BCUT2D eigenvalue weighted by molar-refractivity contribution is 6.03. The number of rotatable bonds is 4. The number of para-hydroxylation sites is 2. The number of benzene rings is 2. The monoisotopic (exact) mass is 417 g/mol. The highest BCUT2D eigenvalue weighted by Crippen LogP contribution is 2.46. The van der Waals surface area contributed by atoms with Crippen molar-refractivity contribution in [3.8, 4) is 5.75 Å². The van der Waals surface area contributed by atoms with E-state index in [-0.39, 0.29) is 28.2 Å². The van der Waals surface area contributed by atoms with Crippen LogP contribution in [0, 0.1) is 6.92 Å². The molecule has 1 amide bonds. The van der Waals surface area contributed by atoms with Gasteiger partial charge in [0, 0.05) is 6.42 Å². The van der Waals surface area contributed by atoms with E-state index >= 15 is 0 Å². The Morgan fingerprint density at radius 2 is 1.65 bits per heavy atom. The number of carbonyl (C=O) groups is 1. The quantitative estimate of drug-likeness (QED) is 0.477. The van der Waals surface area contributed by atoms with Crippen LogP contribution in [0.25, 0.3) is 0 Å². The minimum Gasteiger partial charge on any atom is -0.506 e. The van der Waals surface area contributed by atoms with Crippen molar-refractivity contribution < 1.29 is 14.3 Å². The van der Waals surface area contributed by atoms with Gasteiger partial charge >= 0.3 is 0 Å². The minimum absolute atomic E-state index is 0.0258. The predicted octanol–water partition coefficient (Wildman–Crippen LogP) is 6.49. The van der Waals surface area contributed by atoms with Gasteiger partial charge in [-0.1, -0.05) is 52.0 Å². The van der Waals surface area contributed by atoms with E-state index in [4.69, 9.17) is 4.42 Å². The Balaban J connectivity index is 1.58. The van der Waals surface area contributed by atoms with Gasteiger partial charge in [0.25, 0.3) is 5.91 Å². The number of furan rings is 1. The largest absolute Gasteiger partial charge is 0.506 e. The Labute approximate surface area is 184 Å². The van der Waals surface area contributed by atoms with Crippen molar-refractivity contribution in [1.82, 2.24) is 0 Å². The summed E-state index contributed by atoms with van der Waals surface area (Å²) >= 11 is 0. The molecule has 0 bridgehead atoms. The first-order chi connectivity index (χ1) is 14.6. The zero-order chi connectivity index (χ0) is 22.4. The van der Waals surface area contributed by atoms with Crippen molar-refractivity contribution in [3.63, 3.8) is 0 Å². The SMILES string of the molecule is Cc1cc2c(cc1Cc1ccc(C(=O)Nc3ccccc3O)o1)C(C)(C)CCC2(C)C. The van der Waals surface area contributed by atoms with Gasteiger partial charge in [0.05, 0.1) is 5.69 Å². The van der Waals surface area contributed by atoms with Crippen molar-refractivity contribution in [1.29, 1.82) is 0 Å². The number of phenolic OH excluding ortho intramolecular Hbond substituents is 1. The highest BCUT2D eigenvalue weighted by Gasteiger charge is 2.37. The van der Waals surface area contributed by atoms with E-state index in [9.17, 15) is 9.90 Å². The zero-order valence-corrected chi connectivity index (χ0v) is 19.0. The van der Waals surface area contributed by atoms with Gasteiger partial charge in [-0.2, -0.15) is 0 Å². The summed E-state index contributed by atoms with van der Waals surface area (Å²) in [6.07, 6.45) is 3.01. The van der Waals surface area contributed by atoms with E-state index in [2.05, 4.69) is 52.1 Å². The van der Waals surface area contributed by atoms with Crippen LogP contribution in [0.4, 0.5) is 5.69 Å². The molecule has 4 rings (SSSR count). The van der Waals surface area contributed by atoms with Crippen molar-refractivity contribution >= 4 is 11.6 Å². The van der Waals surface area contributed by atoms with E-state index in [0.717, 1.165) is 5.76 Å². The predicted molar refractivity (Wildman–Crippen MR) is 124 cm³/mol. The molecule has 2 N–H and O–H groups in total. The number of fused-ring (bicyclic) bond motifs is 1. The molecule has 1 aromatic heterocycles. The fourth-order valence-corrected chi connectivity index (χ4v) is 4.50. The molecule has 0 atom stereocenters. The van der Waals surface area contributed by atoms with Gasteiger partial charge in [0.2, 0.25) is 0 Å². The molecule has 0 fully saturated rings. The normalized spacial score (nSPS) is 16.5. The summed E-state index contributed by atoms with van der Waals surface area (Å²) in [4.78, 5) is 12.5. The fraction of sp³-hybridized carbons (Fsp3) is 0.370. The zero-order valence-electron chi connectivity index (χ0n) is 19.0. The van der Waals surface area contributed by atoms with Crippen molar-refractivity contribution in [2.45, 2.75) is 64.7 Å². The lowest BCUT2D eigenvalue weighted by molar-refractivity contribution is 0.0994. The molecule has 2 aromatic carbocycles. The number of aryl methyl sites for hydroxylation is 1. The Morgan fingerprint density at radius 3 is 2.32 bits per heavy atom. The number of hydrogen-bond acceptors (Lipinski definition) is 3. The minimum atomic E-state index is -0.377. The van der Waals surface area contributed by atoms with Gasteiger partial charge < -0.3 is 14.8 Å². The maximum absolute atomic E-state index is 12.5. The number of phenols is 1. The van der Waals surface area contributed by atoms with E-state index in [1.165, 1.54) is 41.2 Å². The van der Waals surface area contributed by atoms with Crippen LogP contribution in [0.15, 0.2) is 52.9 Å². The molecule has 3 aromatic rings. The van der Waals surface area contributed by atoms with Gasteiger partial charge in [-0.05, 0) is 77.1 Å². The lowest BCUT2D eigenvalue weighted by Crippen LogP contribution is -2.34. The summed E-state index contributed by atoms with van der Waals surface area (Å²) in [6.45, 7) is 11.5. The van der Waals surface area contributed by atoms with Crippen LogP contribution >= 0.6 is 0 Å². The molecular weight excluding hydrogens is 386 g/mol. The first-order valence-electron chi connectivity index (χ1n) is 10.9. The molecule has 1 heterocycles. The average molecular weight is 418 g/mol. The Kier molecular flexibility index (Phi) is 5.20. The third-order valence-corrected chi connectivity index (χ3v) is 6.71. The number of carbonyl (C=O) groups excluding carboxylic acids is 1. The molecule has 4 nitrogen and oxygen atoms in total. The van der Waals surface area contributed by atoms with Gasteiger partial charge in [-0.3, -0.25) is 4.79 Å². The van der Waals surface area contributed by atoms with Gasteiger partial charge in [0.1, 0.15) is 11.5 Å². The van der Waals surface area contributed by atoms with Crippen LogP contribution in [0.3, 0.4) is 0 Å². The fourth-order valence-electron chi connectivity index (χ4n) is 4.50. The molecule has 0 saturated carbocycles. The number of anilines is 1. The van der Waals surface area contributed by atoms with E-state index in [1.807, 2.05) is 6.07 Å². The maximum atomic E-state index is 12.5. The summed E-state index contributed by atoms with van der Waals surface area (Å²) in [7, 11) is 0. The molecule has 1 aliphatic rings. The summed E-state index contributed by atoms with van der Waals surface area (Å²) in [6, 6.07) is 14.9. The first-order valence-corrected chi connectivity index (χ1v) is 10.9. The molecule has 31 heavy (non-hydrogen) atoms. The number of hydrogen-bond donors (Lipinski definition) is 2.